The molecule has 0 bridgehead atoms. The van der Waals surface area contributed by atoms with Crippen molar-refractivity contribution in [1.82, 2.24) is 5.43 Å². The molecule has 0 aromatic heterocycles. The molecule has 6 heteroatoms. The second-order valence-electron chi connectivity index (χ2n) is 4.40. The van der Waals surface area contributed by atoms with Gasteiger partial charge in [0.05, 0.1) is 17.4 Å². The molecule has 2 unspecified atom stereocenters. The molecule has 1 fully saturated rings. The first-order valence-electron chi connectivity index (χ1n) is 5.15. The lowest BCUT2D eigenvalue weighted by Gasteiger charge is -2.32. The molecular formula is C9H20N2O3S. The van der Waals surface area contributed by atoms with Gasteiger partial charge in [0.1, 0.15) is 9.84 Å². The van der Waals surface area contributed by atoms with Gasteiger partial charge in [-0.3, -0.25) is 11.3 Å². The van der Waals surface area contributed by atoms with Gasteiger partial charge in [0.25, 0.3) is 0 Å². The Bertz CT molecular complexity index is 296. The molecular weight excluding hydrogens is 216 g/mol. The van der Waals surface area contributed by atoms with Crippen LogP contribution in [0.15, 0.2) is 0 Å². The third-order valence-electron chi connectivity index (χ3n) is 2.96. The van der Waals surface area contributed by atoms with Gasteiger partial charge in [-0.2, -0.15) is 0 Å². The molecule has 1 aliphatic rings. The average Bonchev–Trinajstić information content (AvgIpc) is 2.52. The predicted octanol–water partition coefficient (Wildman–Crippen LogP) is -0.178. The van der Waals surface area contributed by atoms with Crippen LogP contribution in [0.5, 0.6) is 0 Å². The normalized spacial score (nSPS) is 29.3. The van der Waals surface area contributed by atoms with E-state index in [1.807, 2.05) is 6.92 Å². The summed E-state index contributed by atoms with van der Waals surface area (Å²) in [6.07, 6.45) is 3.66. The number of nitrogens with two attached hydrogens (primary N) is 1. The van der Waals surface area contributed by atoms with Crippen molar-refractivity contribution >= 4 is 9.84 Å². The molecule has 1 aliphatic heterocycles. The van der Waals surface area contributed by atoms with Crippen LogP contribution in [0.25, 0.3) is 0 Å². The minimum Gasteiger partial charge on any atom is -0.374 e. The minimum absolute atomic E-state index is 0.102. The summed E-state index contributed by atoms with van der Waals surface area (Å²) in [5, 5.41) is 0. The summed E-state index contributed by atoms with van der Waals surface area (Å²) in [4.78, 5) is 0. The monoisotopic (exact) mass is 236 g/mol. The van der Waals surface area contributed by atoms with Gasteiger partial charge in [0, 0.05) is 12.9 Å². The Kier molecular flexibility index (Phi) is 4.11. The van der Waals surface area contributed by atoms with Crippen LogP contribution in [0.4, 0.5) is 0 Å². The fraction of sp³-hybridized carbons (Fsp3) is 1.00. The lowest BCUT2D eigenvalue weighted by atomic mass is 9.92. The van der Waals surface area contributed by atoms with Crippen molar-refractivity contribution < 1.29 is 13.2 Å². The first-order valence-corrected chi connectivity index (χ1v) is 7.21. The number of nitrogens with one attached hydrogen (secondary N) is 1. The van der Waals surface area contributed by atoms with Gasteiger partial charge in [0.2, 0.25) is 0 Å². The highest BCUT2D eigenvalue weighted by atomic mass is 32.2. The summed E-state index contributed by atoms with van der Waals surface area (Å²) in [6, 6.07) is -0.102. The summed E-state index contributed by atoms with van der Waals surface area (Å²) in [6.45, 7) is 2.71. The maximum absolute atomic E-state index is 11.1. The Hall–Kier alpha value is -0.170. The zero-order valence-electron chi connectivity index (χ0n) is 9.32. The molecule has 3 N–H and O–H groups in total. The van der Waals surface area contributed by atoms with Crippen LogP contribution in [0.1, 0.15) is 26.2 Å². The number of hydrogen-bond donors (Lipinski definition) is 2. The van der Waals surface area contributed by atoms with Gasteiger partial charge in [-0.15, -0.1) is 0 Å². The first kappa shape index (κ1) is 12.9. The van der Waals surface area contributed by atoms with Gasteiger partial charge in [-0.1, -0.05) is 0 Å². The fourth-order valence-corrected chi connectivity index (χ4v) is 2.64. The highest BCUT2D eigenvalue weighted by Gasteiger charge is 2.37. The molecule has 0 radical (unpaired) electrons. The van der Waals surface area contributed by atoms with Crippen molar-refractivity contribution in [2.75, 3.05) is 18.6 Å². The topological polar surface area (TPSA) is 81.4 Å². The minimum atomic E-state index is -2.94. The number of sulfone groups is 1. The van der Waals surface area contributed by atoms with Crippen LogP contribution in [-0.4, -0.2) is 38.7 Å². The summed E-state index contributed by atoms with van der Waals surface area (Å²) >= 11 is 0. The van der Waals surface area contributed by atoms with Gasteiger partial charge in [-0.05, 0) is 26.2 Å². The van der Waals surface area contributed by atoms with Crippen LogP contribution in [-0.2, 0) is 14.6 Å². The maximum atomic E-state index is 11.1. The van der Waals surface area contributed by atoms with E-state index < -0.39 is 9.84 Å². The van der Waals surface area contributed by atoms with Crippen molar-refractivity contribution in [1.29, 1.82) is 0 Å². The van der Waals surface area contributed by atoms with E-state index in [-0.39, 0.29) is 17.4 Å². The van der Waals surface area contributed by atoms with E-state index in [0.29, 0.717) is 6.42 Å². The van der Waals surface area contributed by atoms with E-state index in [2.05, 4.69) is 5.43 Å². The molecule has 0 saturated carbocycles. The third kappa shape index (κ3) is 3.71. The molecule has 2 atom stereocenters. The van der Waals surface area contributed by atoms with Crippen LogP contribution in [0.2, 0.25) is 0 Å². The molecule has 1 rings (SSSR count). The van der Waals surface area contributed by atoms with Crippen LogP contribution in [0, 0.1) is 0 Å². The predicted molar refractivity (Wildman–Crippen MR) is 59.0 cm³/mol. The molecule has 1 heterocycles. The molecule has 0 aromatic carbocycles. The Morgan fingerprint density at radius 2 is 2.27 bits per heavy atom. The molecule has 1 saturated heterocycles. The number of rotatable bonds is 5. The quantitative estimate of drug-likeness (QED) is 0.511. The Balaban J connectivity index is 2.55. The average molecular weight is 236 g/mol. The number of ether oxygens (including phenoxy) is 1. The summed E-state index contributed by atoms with van der Waals surface area (Å²) in [5.74, 6) is 5.58. The molecule has 0 amide bonds. The summed E-state index contributed by atoms with van der Waals surface area (Å²) in [5.41, 5.74) is 2.35. The number of hydrogen-bond acceptors (Lipinski definition) is 5. The molecule has 0 spiro atoms. The Labute approximate surface area is 91.3 Å². The van der Waals surface area contributed by atoms with E-state index in [1.54, 1.807) is 0 Å². The zero-order valence-corrected chi connectivity index (χ0v) is 10.1. The summed E-state index contributed by atoms with van der Waals surface area (Å²) in [7, 11) is -2.94. The number of hydrazine groups is 1. The molecule has 15 heavy (non-hydrogen) atoms. The SMILES string of the molecule is CC1(C(CCS(C)(=O)=O)NN)CCCO1. The van der Waals surface area contributed by atoms with E-state index >= 15 is 0 Å². The molecule has 0 aliphatic carbocycles. The van der Waals surface area contributed by atoms with Crippen molar-refractivity contribution in [3.05, 3.63) is 0 Å². The van der Waals surface area contributed by atoms with Crippen LogP contribution >= 0.6 is 0 Å². The smallest absolute Gasteiger partial charge is 0.147 e. The first-order chi connectivity index (χ1) is 6.87. The van der Waals surface area contributed by atoms with Crippen LogP contribution < -0.4 is 11.3 Å². The maximum Gasteiger partial charge on any atom is 0.147 e. The van der Waals surface area contributed by atoms with Gasteiger partial charge in [-0.25, -0.2) is 8.42 Å². The molecule has 5 nitrogen and oxygen atoms in total. The van der Waals surface area contributed by atoms with Crippen molar-refractivity contribution in [2.24, 2.45) is 5.84 Å². The lowest BCUT2D eigenvalue weighted by Crippen LogP contribution is -2.52. The van der Waals surface area contributed by atoms with E-state index in [9.17, 15) is 8.42 Å². The molecule has 0 aromatic rings. The summed E-state index contributed by atoms with van der Waals surface area (Å²) < 4.78 is 27.7. The lowest BCUT2D eigenvalue weighted by molar-refractivity contribution is -0.0123. The highest BCUT2D eigenvalue weighted by molar-refractivity contribution is 7.90. The zero-order chi connectivity index (χ0) is 11.5. The fourth-order valence-electron chi connectivity index (χ4n) is 1.97. The largest absolute Gasteiger partial charge is 0.374 e. The Morgan fingerprint density at radius 3 is 2.67 bits per heavy atom. The second kappa shape index (κ2) is 4.78. The molecule has 90 valence electrons. The van der Waals surface area contributed by atoms with Crippen molar-refractivity contribution in [2.45, 2.75) is 37.8 Å². The van der Waals surface area contributed by atoms with Crippen molar-refractivity contribution in [3.8, 4) is 0 Å². The third-order valence-corrected chi connectivity index (χ3v) is 3.94. The second-order valence-corrected chi connectivity index (χ2v) is 6.66. The van der Waals surface area contributed by atoms with E-state index in [0.717, 1.165) is 19.4 Å². The van der Waals surface area contributed by atoms with Gasteiger partial charge >= 0.3 is 0 Å². The highest BCUT2D eigenvalue weighted by Crippen LogP contribution is 2.29. The standard InChI is InChI=1S/C9H20N2O3S/c1-9(5-3-6-14-9)8(11-10)4-7-15(2,12)13/h8,11H,3-7,10H2,1-2H3. The van der Waals surface area contributed by atoms with Gasteiger partial charge < -0.3 is 4.74 Å². The van der Waals surface area contributed by atoms with Gasteiger partial charge in [0.15, 0.2) is 0 Å². The van der Waals surface area contributed by atoms with Crippen LogP contribution in [0.3, 0.4) is 0 Å². The Morgan fingerprint density at radius 1 is 1.60 bits per heavy atom. The van der Waals surface area contributed by atoms with E-state index in [1.165, 1.54) is 6.26 Å². The van der Waals surface area contributed by atoms with E-state index in [4.69, 9.17) is 10.6 Å². The van der Waals surface area contributed by atoms with Crippen molar-refractivity contribution in [3.63, 3.8) is 0 Å².